The number of nitrogens with one attached hydrogen (secondary N) is 1. The first kappa shape index (κ1) is 19.6. The van der Waals surface area contributed by atoms with Crippen LogP contribution in [-0.4, -0.2) is 24.4 Å². The number of methoxy groups -OCH3 is 1. The minimum absolute atomic E-state index is 0.0529. The molecule has 0 bridgehead atoms. The van der Waals surface area contributed by atoms with Crippen LogP contribution in [0.1, 0.15) is 43.0 Å². The second-order valence-electron chi connectivity index (χ2n) is 7.57. The fourth-order valence-corrected chi connectivity index (χ4v) is 4.17. The van der Waals surface area contributed by atoms with Crippen LogP contribution in [0.15, 0.2) is 42.5 Å². The zero-order valence-corrected chi connectivity index (χ0v) is 17.2. The number of carbonyl (C=O) groups excluding carboxylic acids is 1. The summed E-state index contributed by atoms with van der Waals surface area (Å²) in [6.07, 6.45) is 0.737. The highest BCUT2D eigenvalue weighted by Gasteiger charge is 2.34. The van der Waals surface area contributed by atoms with E-state index in [-0.39, 0.29) is 17.6 Å². The fourth-order valence-electron chi connectivity index (χ4n) is 3.39. The van der Waals surface area contributed by atoms with E-state index in [9.17, 15) is 4.79 Å². The van der Waals surface area contributed by atoms with Gasteiger partial charge in [-0.1, -0.05) is 29.8 Å². The van der Waals surface area contributed by atoms with E-state index >= 15 is 0 Å². The van der Waals surface area contributed by atoms with E-state index in [1.165, 1.54) is 11.1 Å². The standard InChI is InChI=1S/C22H27NO3S/c1-15-6-5-7-16(10-15)13-27-14-21(24)23-19-12-22(2,3)26-20-11-17(25-4)8-9-18(19)20/h5-11,19H,12-14H2,1-4H3,(H,23,24)/t19-/m1/s1. The molecule has 0 aromatic heterocycles. The Morgan fingerprint density at radius 3 is 2.85 bits per heavy atom. The molecule has 1 heterocycles. The smallest absolute Gasteiger partial charge is 0.230 e. The van der Waals surface area contributed by atoms with Crippen molar-refractivity contribution in [2.24, 2.45) is 0 Å². The van der Waals surface area contributed by atoms with Crippen molar-refractivity contribution in [3.8, 4) is 11.5 Å². The van der Waals surface area contributed by atoms with Crippen molar-refractivity contribution in [1.29, 1.82) is 0 Å². The molecule has 2 aromatic carbocycles. The largest absolute Gasteiger partial charge is 0.497 e. The van der Waals surface area contributed by atoms with E-state index in [2.05, 4.69) is 36.5 Å². The maximum atomic E-state index is 12.5. The van der Waals surface area contributed by atoms with E-state index in [0.717, 1.165) is 29.2 Å². The monoisotopic (exact) mass is 385 g/mol. The Bertz CT molecular complexity index is 819. The molecule has 0 aliphatic carbocycles. The Morgan fingerprint density at radius 1 is 1.30 bits per heavy atom. The number of aryl methyl sites for hydroxylation is 1. The van der Waals surface area contributed by atoms with Crippen molar-refractivity contribution in [2.75, 3.05) is 12.9 Å². The summed E-state index contributed by atoms with van der Waals surface area (Å²) in [5.41, 5.74) is 3.16. The van der Waals surface area contributed by atoms with E-state index in [1.54, 1.807) is 18.9 Å². The average Bonchev–Trinajstić information content (AvgIpc) is 2.60. The molecule has 0 saturated carbocycles. The lowest BCUT2D eigenvalue weighted by atomic mass is 9.89. The van der Waals surface area contributed by atoms with Crippen LogP contribution in [0.5, 0.6) is 11.5 Å². The molecule has 1 N–H and O–H groups in total. The van der Waals surface area contributed by atoms with Crippen molar-refractivity contribution in [3.05, 3.63) is 59.2 Å². The molecular formula is C22H27NO3S. The number of hydrogen-bond donors (Lipinski definition) is 1. The predicted octanol–water partition coefficient (Wildman–Crippen LogP) is 4.66. The van der Waals surface area contributed by atoms with E-state index in [0.29, 0.717) is 5.75 Å². The van der Waals surface area contributed by atoms with Gasteiger partial charge < -0.3 is 14.8 Å². The summed E-state index contributed by atoms with van der Waals surface area (Å²) in [7, 11) is 1.64. The molecule has 0 saturated heterocycles. The van der Waals surface area contributed by atoms with Gasteiger partial charge in [-0.15, -0.1) is 11.8 Å². The van der Waals surface area contributed by atoms with Crippen molar-refractivity contribution >= 4 is 17.7 Å². The van der Waals surface area contributed by atoms with Crippen molar-refractivity contribution in [3.63, 3.8) is 0 Å². The lowest BCUT2D eigenvalue weighted by Gasteiger charge is -2.38. The van der Waals surface area contributed by atoms with Gasteiger partial charge in [-0.2, -0.15) is 0 Å². The third kappa shape index (κ3) is 5.19. The number of amides is 1. The molecule has 3 rings (SSSR count). The lowest BCUT2D eigenvalue weighted by Crippen LogP contribution is -2.41. The summed E-state index contributed by atoms with van der Waals surface area (Å²) >= 11 is 1.64. The van der Waals surface area contributed by atoms with Crippen LogP contribution in [0.25, 0.3) is 0 Å². The topological polar surface area (TPSA) is 47.6 Å². The molecule has 0 fully saturated rings. The van der Waals surface area contributed by atoms with Crippen LogP contribution < -0.4 is 14.8 Å². The summed E-state index contributed by atoms with van der Waals surface area (Å²) in [5.74, 6) is 2.87. The molecule has 0 unspecified atom stereocenters. The van der Waals surface area contributed by atoms with Gasteiger partial charge in [-0.05, 0) is 38.5 Å². The van der Waals surface area contributed by atoms with Gasteiger partial charge in [0.2, 0.25) is 5.91 Å². The SMILES string of the molecule is COc1ccc2c(c1)OC(C)(C)C[C@H]2NC(=O)CSCc1cccc(C)c1. The molecule has 1 amide bonds. The quantitative estimate of drug-likeness (QED) is 0.786. The second-order valence-corrected chi connectivity index (χ2v) is 8.56. The molecule has 4 nitrogen and oxygen atoms in total. The van der Waals surface area contributed by atoms with Gasteiger partial charge >= 0.3 is 0 Å². The number of carbonyl (C=O) groups is 1. The first-order valence-electron chi connectivity index (χ1n) is 9.16. The zero-order chi connectivity index (χ0) is 19.4. The molecule has 5 heteroatoms. The zero-order valence-electron chi connectivity index (χ0n) is 16.4. The number of benzene rings is 2. The number of hydrogen-bond acceptors (Lipinski definition) is 4. The van der Waals surface area contributed by atoms with Crippen molar-refractivity contribution < 1.29 is 14.3 Å². The van der Waals surface area contributed by atoms with E-state index < -0.39 is 0 Å². The van der Waals surface area contributed by atoms with Crippen LogP contribution >= 0.6 is 11.8 Å². The highest BCUT2D eigenvalue weighted by Crippen LogP contribution is 2.41. The van der Waals surface area contributed by atoms with Gasteiger partial charge in [0.25, 0.3) is 0 Å². The Labute approximate surface area is 165 Å². The minimum Gasteiger partial charge on any atom is -0.497 e. The molecule has 0 spiro atoms. The van der Waals surface area contributed by atoms with Crippen LogP contribution in [-0.2, 0) is 10.5 Å². The van der Waals surface area contributed by atoms with Crippen LogP contribution in [0.3, 0.4) is 0 Å². The number of ether oxygens (including phenoxy) is 2. The molecule has 1 aliphatic heterocycles. The van der Waals surface area contributed by atoms with Gasteiger partial charge in [0.15, 0.2) is 0 Å². The molecular weight excluding hydrogens is 358 g/mol. The van der Waals surface area contributed by atoms with Crippen LogP contribution in [0.2, 0.25) is 0 Å². The summed E-state index contributed by atoms with van der Waals surface area (Å²) in [4.78, 5) is 12.5. The summed E-state index contributed by atoms with van der Waals surface area (Å²) in [6.45, 7) is 6.17. The maximum Gasteiger partial charge on any atom is 0.230 e. The molecule has 1 aliphatic rings. The van der Waals surface area contributed by atoms with Gasteiger partial charge in [0.1, 0.15) is 17.1 Å². The molecule has 144 valence electrons. The second kappa shape index (κ2) is 8.26. The molecule has 1 atom stereocenters. The van der Waals surface area contributed by atoms with Gasteiger partial charge in [-0.3, -0.25) is 4.79 Å². The maximum absolute atomic E-state index is 12.5. The van der Waals surface area contributed by atoms with Crippen LogP contribution in [0.4, 0.5) is 0 Å². The fraction of sp³-hybridized carbons (Fsp3) is 0.409. The van der Waals surface area contributed by atoms with Crippen LogP contribution in [0, 0.1) is 6.92 Å². The van der Waals surface area contributed by atoms with E-state index in [1.807, 2.05) is 32.0 Å². The Kier molecular flexibility index (Phi) is 6.00. The highest BCUT2D eigenvalue weighted by molar-refractivity contribution is 7.99. The minimum atomic E-state index is -0.341. The average molecular weight is 386 g/mol. The first-order valence-corrected chi connectivity index (χ1v) is 10.3. The number of thioether (sulfide) groups is 1. The summed E-state index contributed by atoms with van der Waals surface area (Å²) in [6, 6.07) is 14.1. The van der Waals surface area contributed by atoms with Crippen molar-refractivity contribution in [2.45, 2.75) is 44.6 Å². The number of fused-ring (bicyclic) bond motifs is 1. The van der Waals surface area contributed by atoms with E-state index in [4.69, 9.17) is 9.47 Å². The molecule has 27 heavy (non-hydrogen) atoms. The van der Waals surface area contributed by atoms with Gasteiger partial charge in [0, 0.05) is 23.8 Å². The number of rotatable bonds is 6. The van der Waals surface area contributed by atoms with Gasteiger partial charge in [-0.25, -0.2) is 0 Å². The van der Waals surface area contributed by atoms with Crippen molar-refractivity contribution in [1.82, 2.24) is 5.32 Å². The Hall–Kier alpha value is -2.14. The predicted molar refractivity (Wildman–Crippen MR) is 111 cm³/mol. The third-order valence-electron chi connectivity index (χ3n) is 4.60. The lowest BCUT2D eigenvalue weighted by molar-refractivity contribution is -0.119. The third-order valence-corrected chi connectivity index (χ3v) is 5.60. The Balaban J connectivity index is 1.62. The summed E-state index contributed by atoms with van der Waals surface area (Å²) in [5, 5.41) is 3.19. The molecule has 0 radical (unpaired) electrons. The van der Waals surface area contributed by atoms with Gasteiger partial charge in [0.05, 0.1) is 18.9 Å². The molecule has 2 aromatic rings. The Morgan fingerprint density at radius 2 is 2.11 bits per heavy atom. The highest BCUT2D eigenvalue weighted by atomic mass is 32.2. The first-order chi connectivity index (χ1) is 12.9. The normalized spacial score (nSPS) is 17.6. The summed E-state index contributed by atoms with van der Waals surface area (Å²) < 4.78 is 11.4.